The molecule has 25 heavy (non-hydrogen) atoms. The van der Waals surface area contributed by atoms with E-state index in [0.29, 0.717) is 11.3 Å². The third kappa shape index (κ3) is 2.97. The number of nitro benzene ring substituents is 1. The number of nitriles is 1. The highest BCUT2D eigenvalue weighted by Crippen LogP contribution is 2.43. The lowest BCUT2D eigenvalue weighted by Crippen LogP contribution is -2.21. The lowest BCUT2D eigenvalue weighted by Gasteiger charge is -2.26. The summed E-state index contributed by atoms with van der Waals surface area (Å²) in [4.78, 5) is 10.6. The average Bonchev–Trinajstić information content (AvgIpc) is 2.60. The first-order valence-electron chi connectivity index (χ1n) is 7.75. The Morgan fingerprint density at radius 1 is 1.36 bits per heavy atom. The standard InChI is InChI=1S/C18H16N4O3/c1-2-21-12-6-7-14-16(9-12)25-18(20)15(10-19)17(14)11-4-3-5-13(8-11)22(23)24/h3-9,17,21H,2,20H2,1H3. The van der Waals surface area contributed by atoms with E-state index in [1.165, 1.54) is 12.1 Å². The number of benzene rings is 2. The second-order valence-corrected chi connectivity index (χ2v) is 5.56. The Kier molecular flexibility index (Phi) is 4.27. The number of rotatable bonds is 4. The van der Waals surface area contributed by atoms with Crippen LogP contribution >= 0.6 is 0 Å². The van der Waals surface area contributed by atoms with Crippen LogP contribution in [-0.4, -0.2) is 11.5 Å². The summed E-state index contributed by atoms with van der Waals surface area (Å²) in [6.07, 6.45) is 0. The van der Waals surface area contributed by atoms with Crippen LogP contribution in [-0.2, 0) is 0 Å². The molecule has 0 saturated carbocycles. The van der Waals surface area contributed by atoms with Crippen molar-refractivity contribution in [2.75, 3.05) is 11.9 Å². The molecule has 1 aliphatic heterocycles. The number of anilines is 1. The summed E-state index contributed by atoms with van der Waals surface area (Å²) in [5.74, 6) is 0.0379. The number of nitrogens with one attached hydrogen (secondary N) is 1. The van der Waals surface area contributed by atoms with E-state index in [0.717, 1.165) is 17.8 Å². The largest absolute Gasteiger partial charge is 0.440 e. The zero-order valence-corrected chi connectivity index (χ0v) is 13.5. The number of hydrogen-bond donors (Lipinski definition) is 2. The van der Waals surface area contributed by atoms with Gasteiger partial charge in [-0.15, -0.1) is 0 Å². The monoisotopic (exact) mass is 336 g/mol. The third-order valence-electron chi connectivity index (χ3n) is 4.01. The SMILES string of the molecule is CCNc1ccc2c(c1)OC(N)=C(C#N)C2c1cccc([N+](=O)[O-])c1. The van der Waals surface area contributed by atoms with Gasteiger partial charge in [0.05, 0.1) is 10.8 Å². The van der Waals surface area contributed by atoms with Crippen molar-refractivity contribution in [3.63, 3.8) is 0 Å². The Labute approximate surface area is 144 Å². The van der Waals surface area contributed by atoms with Gasteiger partial charge in [-0.3, -0.25) is 10.1 Å². The van der Waals surface area contributed by atoms with Gasteiger partial charge in [0.25, 0.3) is 5.69 Å². The van der Waals surface area contributed by atoms with E-state index in [-0.39, 0.29) is 17.1 Å². The minimum atomic E-state index is -0.510. The second-order valence-electron chi connectivity index (χ2n) is 5.56. The van der Waals surface area contributed by atoms with Crippen molar-refractivity contribution in [2.24, 2.45) is 5.73 Å². The molecule has 0 spiro atoms. The van der Waals surface area contributed by atoms with Crippen LogP contribution in [0.2, 0.25) is 0 Å². The molecule has 1 unspecified atom stereocenters. The van der Waals surface area contributed by atoms with Gasteiger partial charge in [0.2, 0.25) is 5.88 Å². The van der Waals surface area contributed by atoms with Crippen LogP contribution in [0, 0.1) is 21.4 Å². The topological polar surface area (TPSA) is 114 Å². The molecule has 3 rings (SSSR count). The summed E-state index contributed by atoms with van der Waals surface area (Å²) in [7, 11) is 0. The van der Waals surface area contributed by atoms with Crippen molar-refractivity contribution in [3.8, 4) is 11.8 Å². The van der Waals surface area contributed by atoms with E-state index in [9.17, 15) is 15.4 Å². The van der Waals surface area contributed by atoms with E-state index in [2.05, 4.69) is 11.4 Å². The van der Waals surface area contributed by atoms with Crippen LogP contribution in [0.1, 0.15) is 24.0 Å². The fraction of sp³-hybridized carbons (Fsp3) is 0.167. The fourth-order valence-corrected chi connectivity index (χ4v) is 2.93. The highest BCUT2D eigenvalue weighted by atomic mass is 16.6. The van der Waals surface area contributed by atoms with E-state index >= 15 is 0 Å². The summed E-state index contributed by atoms with van der Waals surface area (Å²) in [5.41, 5.74) is 8.37. The van der Waals surface area contributed by atoms with Crippen molar-refractivity contribution in [1.29, 1.82) is 5.26 Å². The van der Waals surface area contributed by atoms with Crippen LogP contribution in [0.3, 0.4) is 0 Å². The Hall–Kier alpha value is -3.53. The zero-order valence-electron chi connectivity index (χ0n) is 13.5. The van der Waals surface area contributed by atoms with Gasteiger partial charge in [-0.05, 0) is 18.6 Å². The van der Waals surface area contributed by atoms with Crippen molar-refractivity contribution in [3.05, 3.63) is 75.2 Å². The van der Waals surface area contributed by atoms with Gasteiger partial charge < -0.3 is 15.8 Å². The molecule has 2 aromatic rings. The number of non-ortho nitro benzene ring substituents is 1. The molecule has 0 amide bonds. The first-order valence-corrected chi connectivity index (χ1v) is 7.75. The molecule has 3 N–H and O–H groups in total. The number of nitro groups is 1. The molecule has 0 saturated heterocycles. The predicted molar refractivity (Wildman–Crippen MR) is 93.0 cm³/mol. The number of nitrogens with zero attached hydrogens (tertiary/aromatic N) is 2. The predicted octanol–water partition coefficient (Wildman–Crippen LogP) is 3.24. The summed E-state index contributed by atoms with van der Waals surface area (Å²) in [6.45, 7) is 2.73. The van der Waals surface area contributed by atoms with Crippen molar-refractivity contribution < 1.29 is 9.66 Å². The summed E-state index contributed by atoms with van der Waals surface area (Å²) in [5, 5.41) is 23.8. The fourth-order valence-electron chi connectivity index (χ4n) is 2.93. The summed E-state index contributed by atoms with van der Waals surface area (Å²) >= 11 is 0. The summed E-state index contributed by atoms with van der Waals surface area (Å²) < 4.78 is 5.61. The molecule has 1 aliphatic rings. The minimum absolute atomic E-state index is 0.0140. The molecule has 0 fully saturated rings. The van der Waals surface area contributed by atoms with Gasteiger partial charge in [0.1, 0.15) is 17.4 Å². The normalized spacial score (nSPS) is 15.8. The molecule has 0 bridgehead atoms. The Morgan fingerprint density at radius 3 is 2.84 bits per heavy atom. The maximum Gasteiger partial charge on any atom is 0.269 e. The zero-order chi connectivity index (χ0) is 18.0. The first kappa shape index (κ1) is 16.3. The molecule has 0 aliphatic carbocycles. The van der Waals surface area contributed by atoms with Gasteiger partial charge in [0, 0.05) is 36.0 Å². The molecule has 2 aromatic carbocycles. The third-order valence-corrected chi connectivity index (χ3v) is 4.01. The van der Waals surface area contributed by atoms with Gasteiger partial charge in [-0.2, -0.15) is 5.26 Å². The van der Waals surface area contributed by atoms with Gasteiger partial charge in [0.15, 0.2) is 0 Å². The second kappa shape index (κ2) is 6.53. The van der Waals surface area contributed by atoms with Gasteiger partial charge in [-0.25, -0.2) is 0 Å². The number of hydrogen-bond acceptors (Lipinski definition) is 6. The lowest BCUT2D eigenvalue weighted by atomic mass is 9.83. The maximum absolute atomic E-state index is 11.1. The number of ether oxygens (including phenoxy) is 1. The van der Waals surface area contributed by atoms with Crippen molar-refractivity contribution >= 4 is 11.4 Å². The molecule has 0 radical (unpaired) electrons. The van der Waals surface area contributed by atoms with Crippen molar-refractivity contribution in [1.82, 2.24) is 0 Å². The highest BCUT2D eigenvalue weighted by molar-refractivity contribution is 5.61. The molecule has 0 aromatic heterocycles. The number of allylic oxidation sites excluding steroid dienone is 1. The molecule has 7 heteroatoms. The minimum Gasteiger partial charge on any atom is -0.440 e. The van der Waals surface area contributed by atoms with Crippen LogP contribution in [0.5, 0.6) is 5.75 Å². The Bertz CT molecular complexity index is 915. The summed E-state index contributed by atoms with van der Waals surface area (Å²) in [6, 6.07) is 13.8. The number of fused-ring (bicyclic) bond motifs is 1. The lowest BCUT2D eigenvalue weighted by molar-refractivity contribution is -0.384. The quantitative estimate of drug-likeness (QED) is 0.654. The highest BCUT2D eigenvalue weighted by Gasteiger charge is 2.31. The molecule has 7 nitrogen and oxygen atoms in total. The van der Waals surface area contributed by atoms with Crippen LogP contribution in [0.25, 0.3) is 0 Å². The Balaban J connectivity index is 2.16. The number of nitrogens with two attached hydrogens (primary N) is 1. The van der Waals surface area contributed by atoms with E-state index < -0.39 is 10.8 Å². The average molecular weight is 336 g/mol. The molecule has 126 valence electrons. The molecular formula is C18H16N4O3. The van der Waals surface area contributed by atoms with Gasteiger partial charge >= 0.3 is 0 Å². The van der Waals surface area contributed by atoms with Crippen LogP contribution in [0.4, 0.5) is 11.4 Å². The molecule has 1 atom stereocenters. The smallest absolute Gasteiger partial charge is 0.269 e. The van der Waals surface area contributed by atoms with E-state index in [4.69, 9.17) is 10.5 Å². The van der Waals surface area contributed by atoms with Crippen LogP contribution in [0.15, 0.2) is 53.9 Å². The maximum atomic E-state index is 11.1. The van der Waals surface area contributed by atoms with E-state index in [1.807, 2.05) is 25.1 Å². The molecular weight excluding hydrogens is 320 g/mol. The van der Waals surface area contributed by atoms with Crippen molar-refractivity contribution in [2.45, 2.75) is 12.8 Å². The van der Waals surface area contributed by atoms with E-state index in [1.54, 1.807) is 12.1 Å². The molecule has 1 heterocycles. The van der Waals surface area contributed by atoms with Gasteiger partial charge in [-0.1, -0.05) is 18.2 Å². The Morgan fingerprint density at radius 2 is 2.16 bits per heavy atom. The first-order chi connectivity index (χ1) is 12.0. The van der Waals surface area contributed by atoms with Crippen LogP contribution < -0.4 is 15.8 Å².